The van der Waals surface area contributed by atoms with Crippen LogP contribution in [0.5, 0.6) is 0 Å². The van der Waals surface area contributed by atoms with E-state index in [4.69, 9.17) is 9.84 Å². The molecule has 0 spiro atoms. The fourth-order valence-corrected chi connectivity index (χ4v) is 1.13. The van der Waals surface area contributed by atoms with Crippen LogP contribution >= 0.6 is 0 Å². The van der Waals surface area contributed by atoms with Gasteiger partial charge < -0.3 is 24.8 Å². The second-order valence-electron chi connectivity index (χ2n) is 2.83. The van der Waals surface area contributed by atoms with Crippen LogP contribution in [0.1, 0.15) is 0 Å². The average Bonchev–Trinajstić information content (AvgIpc) is 2.13. The Labute approximate surface area is 74.7 Å². The van der Waals surface area contributed by atoms with Gasteiger partial charge in [0, 0.05) is 0 Å². The molecular weight excluding hydrogens is 180 g/mol. The third kappa shape index (κ3) is 1.97. The molecule has 0 unspecified atom stereocenters. The minimum Gasteiger partial charge on any atom is -0.467 e. The molecule has 1 aliphatic heterocycles. The van der Waals surface area contributed by atoms with Crippen molar-refractivity contribution in [2.24, 2.45) is 0 Å². The summed E-state index contributed by atoms with van der Waals surface area (Å²) in [5, 5.41) is 27.5. The normalized spacial score (nSPS) is 40.0. The van der Waals surface area contributed by atoms with E-state index in [1.54, 1.807) is 0 Å². The van der Waals surface area contributed by atoms with Gasteiger partial charge in [0.1, 0.15) is 18.3 Å². The van der Waals surface area contributed by atoms with Gasteiger partial charge in [-0.3, -0.25) is 0 Å². The predicted octanol–water partition coefficient (Wildman–Crippen LogP) is -2.36. The van der Waals surface area contributed by atoms with Gasteiger partial charge in [-0.1, -0.05) is 0 Å². The van der Waals surface area contributed by atoms with Gasteiger partial charge in [-0.05, 0) is 0 Å². The molecule has 4 atom stereocenters. The molecular formula is C7H12O6. The van der Waals surface area contributed by atoms with Crippen molar-refractivity contribution in [3.05, 3.63) is 0 Å². The Hall–Kier alpha value is -0.690. The topological polar surface area (TPSA) is 96.2 Å². The molecule has 13 heavy (non-hydrogen) atoms. The zero-order chi connectivity index (χ0) is 10.0. The molecule has 1 heterocycles. The molecule has 1 aliphatic rings. The number of hydrogen-bond acceptors (Lipinski definition) is 6. The summed E-state index contributed by atoms with van der Waals surface area (Å²) < 4.78 is 9.12. The Kier molecular flexibility index (Phi) is 3.21. The molecule has 0 aromatic heterocycles. The summed E-state index contributed by atoms with van der Waals surface area (Å²) in [6.45, 7) is -0.196. The number of methoxy groups -OCH3 is 1. The predicted molar refractivity (Wildman–Crippen MR) is 39.8 cm³/mol. The monoisotopic (exact) mass is 192 g/mol. The molecule has 0 saturated carbocycles. The lowest BCUT2D eigenvalue weighted by atomic mass is 10.0. The summed E-state index contributed by atoms with van der Waals surface area (Å²) in [4.78, 5) is 10.9. The van der Waals surface area contributed by atoms with E-state index in [0.717, 1.165) is 7.11 Å². The van der Waals surface area contributed by atoms with Crippen molar-refractivity contribution in [1.82, 2.24) is 0 Å². The molecule has 6 heteroatoms. The zero-order valence-corrected chi connectivity index (χ0v) is 7.08. The van der Waals surface area contributed by atoms with E-state index in [0.29, 0.717) is 0 Å². The second kappa shape index (κ2) is 4.01. The maximum absolute atomic E-state index is 10.9. The number of aliphatic hydroxyl groups is 3. The van der Waals surface area contributed by atoms with Crippen LogP contribution in [0, 0.1) is 0 Å². The summed E-state index contributed by atoms with van der Waals surface area (Å²) in [6.07, 6.45) is -5.21. The van der Waals surface area contributed by atoms with Crippen LogP contribution in [0.15, 0.2) is 0 Å². The molecule has 0 radical (unpaired) electrons. The van der Waals surface area contributed by atoms with Crippen LogP contribution in [0.3, 0.4) is 0 Å². The first-order chi connectivity index (χ1) is 6.07. The Morgan fingerprint density at radius 3 is 2.54 bits per heavy atom. The molecule has 1 saturated heterocycles. The molecule has 0 aromatic carbocycles. The highest BCUT2D eigenvalue weighted by Gasteiger charge is 2.41. The Balaban J connectivity index is 2.63. The fourth-order valence-electron chi connectivity index (χ4n) is 1.13. The number of rotatable bonds is 1. The maximum Gasteiger partial charge on any atom is 0.337 e. The third-order valence-electron chi connectivity index (χ3n) is 1.93. The van der Waals surface area contributed by atoms with Crippen molar-refractivity contribution >= 4 is 5.97 Å². The first-order valence-corrected chi connectivity index (χ1v) is 3.81. The summed E-state index contributed by atoms with van der Waals surface area (Å²) >= 11 is 0. The molecule has 3 N–H and O–H groups in total. The third-order valence-corrected chi connectivity index (χ3v) is 1.93. The van der Waals surface area contributed by atoms with Crippen molar-refractivity contribution in [3.63, 3.8) is 0 Å². The molecule has 76 valence electrons. The van der Waals surface area contributed by atoms with Gasteiger partial charge in [-0.25, -0.2) is 4.79 Å². The van der Waals surface area contributed by atoms with Crippen LogP contribution in [0.25, 0.3) is 0 Å². The van der Waals surface area contributed by atoms with Crippen molar-refractivity contribution < 1.29 is 29.6 Å². The van der Waals surface area contributed by atoms with Gasteiger partial charge in [-0.15, -0.1) is 0 Å². The maximum atomic E-state index is 10.9. The molecule has 1 rings (SSSR count). The van der Waals surface area contributed by atoms with Gasteiger partial charge >= 0.3 is 5.97 Å². The minimum atomic E-state index is -1.45. The van der Waals surface area contributed by atoms with E-state index in [1.165, 1.54) is 0 Å². The van der Waals surface area contributed by atoms with E-state index < -0.39 is 30.4 Å². The van der Waals surface area contributed by atoms with Crippen molar-refractivity contribution in [2.75, 3.05) is 13.7 Å². The summed E-state index contributed by atoms with van der Waals surface area (Å²) in [5.74, 6) is -0.765. The van der Waals surface area contributed by atoms with Gasteiger partial charge in [0.25, 0.3) is 0 Å². The van der Waals surface area contributed by atoms with Gasteiger partial charge in [-0.2, -0.15) is 0 Å². The van der Waals surface area contributed by atoms with Crippen LogP contribution in [-0.4, -0.2) is 59.4 Å². The highest BCUT2D eigenvalue weighted by atomic mass is 16.6. The zero-order valence-electron chi connectivity index (χ0n) is 7.08. The smallest absolute Gasteiger partial charge is 0.337 e. The Bertz CT molecular complexity index is 193. The number of hydrogen-bond donors (Lipinski definition) is 3. The lowest BCUT2D eigenvalue weighted by Crippen LogP contribution is -2.55. The second-order valence-corrected chi connectivity index (χ2v) is 2.83. The first-order valence-electron chi connectivity index (χ1n) is 3.81. The number of carbonyl (C=O) groups is 1. The highest BCUT2D eigenvalue weighted by molar-refractivity contribution is 5.75. The first kappa shape index (κ1) is 10.4. The van der Waals surface area contributed by atoms with E-state index in [2.05, 4.69) is 4.74 Å². The summed E-state index contributed by atoms with van der Waals surface area (Å²) in [5.41, 5.74) is 0. The number of aliphatic hydroxyl groups excluding tert-OH is 3. The Morgan fingerprint density at radius 1 is 1.38 bits per heavy atom. The van der Waals surface area contributed by atoms with Crippen LogP contribution in [0.4, 0.5) is 0 Å². The van der Waals surface area contributed by atoms with E-state index in [1.807, 2.05) is 0 Å². The standard InChI is InChI=1S/C7H12O6/c1-12-7(11)6-5(10)4(9)3(8)2-13-6/h3-6,8-10H,2H2,1H3/t3-,4-,5+,6+/m0/s1. The van der Waals surface area contributed by atoms with Gasteiger partial charge in [0.2, 0.25) is 0 Å². The lowest BCUT2D eigenvalue weighted by Gasteiger charge is -2.33. The van der Waals surface area contributed by atoms with E-state index in [-0.39, 0.29) is 6.61 Å². The van der Waals surface area contributed by atoms with Crippen LogP contribution in [0.2, 0.25) is 0 Å². The molecule has 1 fully saturated rings. The quantitative estimate of drug-likeness (QED) is 0.402. The molecule has 0 amide bonds. The average molecular weight is 192 g/mol. The van der Waals surface area contributed by atoms with Crippen molar-refractivity contribution in [1.29, 1.82) is 0 Å². The molecule has 0 aliphatic carbocycles. The Morgan fingerprint density at radius 2 is 2.00 bits per heavy atom. The van der Waals surface area contributed by atoms with Gasteiger partial charge in [0.15, 0.2) is 6.10 Å². The van der Waals surface area contributed by atoms with Crippen molar-refractivity contribution in [3.8, 4) is 0 Å². The minimum absolute atomic E-state index is 0.196. The van der Waals surface area contributed by atoms with Crippen molar-refractivity contribution in [2.45, 2.75) is 24.4 Å². The summed E-state index contributed by atoms with van der Waals surface area (Å²) in [6, 6.07) is 0. The molecule has 0 aromatic rings. The molecule has 0 bridgehead atoms. The molecule has 6 nitrogen and oxygen atoms in total. The number of ether oxygens (including phenoxy) is 2. The number of esters is 1. The highest BCUT2D eigenvalue weighted by Crippen LogP contribution is 2.16. The fraction of sp³-hybridized carbons (Fsp3) is 0.857. The number of carbonyl (C=O) groups excluding carboxylic acids is 1. The lowest BCUT2D eigenvalue weighted by molar-refractivity contribution is -0.203. The van der Waals surface area contributed by atoms with Gasteiger partial charge in [0.05, 0.1) is 13.7 Å². The van der Waals surface area contributed by atoms with E-state index >= 15 is 0 Å². The largest absolute Gasteiger partial charge is 0.467 e. The SMILES string of the molecule is COC(=O)[C@@H]1OC[C@H](O)[C@H](O)[C@H]1O. The summed E-state index contributed by atoms with van der Waals surface area (Å²) in [7, 11) is 1.15. The van der Waals surface area contributed by atoms with Crippen LogP contribution < -0.4 is 0 Å². The van der Waals surface area contributed by atoms with E-state index in [9.17, 15) is 15.0 Å². The van der Waals surface area contributed by atoms with Crippen LogP contribution in [-0.2, 0) is 14.3 Å².